The van der Waals surface area contributed by atoms with E-state index in [-0.39, 0.29) is 11.5 Å². The predicted molar refractivity (Wildman–Crippen MR) is 87.4 cm³/mol. The number of hydrogen-bond donors (Lipinski definition) is 1. The van der Waals surface area contributed by atoms with Crippen molar-refractivity contribution in [2.24, 2.45) is 5.41 Å². The van der Waals surface area contributed by atoms with Crippen LogP contribution in [0.25, 0.3) is 0 Å². The molecule has 0 aliphatic carbocycles. The number of ether oxygens (including phenoxy) is 1. The number of rotatable bonds is 7. The highest BCUT2D eigenvalue weighted by Crippen LogP contribution is 2.39. The van der Waals surface area contributed by atoms with Gasteiger partial charge in [0.15, 0.2) is 0 Å². The van der Waals surface area contributed by atoms with Crippen molar-refractivity contribution in [2.45, 2.75) is 67.0 Å². The van der Waals surface area contributed by atoms with E-state index in [1.165, 1.54) is 4.88 Å². The maximum Gasteiger partial charge on any atom is 0.123 e. The maximum atomic E-state index is 5.95. The van der Waals surface area contributed by atoms with E-state index in [0.717, 1.165) is 30.3 Å². The van der Waals surface area contributed by atoms with Gasteiger partial charge in [0, 0.05) is 17.5 Å². The lowest BCUT2D eigenvalue weighted by Gasteiger charge is -2.28. The van der Waals surface area contributed by atoms with E-state index in [1.807, 2.05) is 6.92 Å². The normalized spacial score (nSPS) is 15.3. The number of nitrogens with zero attached hydrogens (tertiary/aromatic N) is 1. The van der Waals surface area contributed by atoms with Gasteiger partial charge in [0.1, 0.15) is 11.1 Å². The molecular formula is C16H30N2OS. The van der Waals surface area contributed by atoms with Gasteiger partial charge in [-0.2, -0.15) is 0 Å². The summed E-state index contributed by atoms with van der Waals surface area (Å²) in [7, 11) is 0. The lowest BCUT2D eigenvalue weighted by Crippen LogP contribution is -2.21. The lowest BCUT2D eigenvalue weighted by atomic mass is 9.89. The second kappa shape index (κ2) is 7.53. The number of aromatic nitrogens is 1. The van der Waals surface area contributed by atoms with Crippen LogP contribution in [0.3, 0.4) is 0 Å². The average Bonchev–Trinajstić information content (AvgIpc) is 2.73. The van der Waals surface area contributed by atoms with Crippen molar-refractivity contribution in [3.8, 4) is 0 Å². The molecule has 0 saturated carbocycles. The van der Waals surface area contributed by atoms with E-state index in [2.05, 4.69) is 46.9 Å². The quantitative estimate of drug-likeness (QED) is 0.796. The van der Waals surface area contributed by atoms with Gasteiger partial charge in [-0.15, -0.1) is 11.3 Å². The SMILES string of the molecule is CCCNC(C)c1sc(C(OCC)C(C)(C)C)nc1C. The van der Waals surface area contributed by atoms with E-state index in [0.29, 0.717) is 6.04 Å². The van der Waals surface area contributed by atoms with Gasteiger partial charge in [-0.25, -0.2) is 4.98 Å². The molecule has 0 bridgehead atoms. The molecule has 0 aliphatic rings. The lowest BCUT2D eigenvalue weighted by molar-refractivity contribution is -0.0134. The molecule has 0 saturated heterocycles. The van der Waals surface area contributed by atoms with Crippen molar-refractivity contribution in [2.75, 3.05) is 13.2 Å². The van der Waals surface area contributed by atoms with E-state index >= 15 is 0 Å². The van der Waals surface area contributed by atoms with Gasteiger partial charge in [-0.1, -0.05) is 27.7 Å². The molecule has 0 aromatic carbocycles. The largest absolute Gasteiger partial charge is 0.371 e. The fraction of sp³-hybridized carbons (Fsp3) is 0.812. The van der Waals surface area contributed by atoms with Crippen LogP contribution in [0, 0.1) is 12.3 Å². The zero-order valence-electron chi connectivity index (χ0n) is 14.0. The molecule has 0 spiro atoms. The highest BCUT2D eigenvalue weighted by Gasteiger charge is 2.30. The summed E-state index contributed by atoms with van der Waals surface area (Å²) in [6.07, 6.45) is 1.22. The predicted octanol–water partition coefficient (Wildman–Crippen LogP) is 4.64. The number of hydrogen-bond acceptors (Lipinski definition) is 4. The Balaban J connectivity index is 2.97. The fourth-order valence-corrected chi connectivity index (χ4v) is 3.65. The fourth-order valence-electron chi connectivity index (χ4n) is 2.26. The molecule has 1 heterocycles. The Morgan fingerprint density at radius 2 is 1.95 bits per heavy atom. The molecule has 1 rings (SSSR count). The van der Waals surface area contributed by atoms with Crippen LogP contribution in [0.4, 0.5) is 0 Å². The van der Waals surface area contributed by atoms with E-state index < -0.39 is 0 Å². The van der Waals surface area contributed by atoms with Crippen LogP contribution in [-0.4, -0.2) is 18.1 Å². The molecule has 2 unspecified atom stereocenters. The molecule has 0 aliphatic heterocycles. The van der Waals surface area contributed by atoms with Crippen LogP contribution in [0.15, 0.2) is 0 Å². The number of aryl methyl sites for hydroxylation is 1. The monoisotopic (exact) mass is 298 g/mol. The van der Waals surface area contributed by atoms with Crippen molar-refractivity contribution < 1.29 is 4.74 Å². The van der Waals surface area contributed by atoms with Gasteiger partial charge in [-0.05, 0) is 39.2 Å². The summed E-state index contributed by atoms with van der Waals surface area (Å²) < 4.78 is 5.95. The van der Waals surface area contributed by atoms with Crippen molar-refractivity contribution in [1.82, 2.24) is 10.3 Å². The second-order valence-corrected chi connectivity index (χ2v) is 7.44. The van der Waals surface area contributed by atoms with Crippen molar-refractivity contribution >= 4 is 11.3 Å². The molecule has 0 amide bonds. The summed E-state index contributed by atoms with van der Waals surface area (Å²) in [6.45, 7) is 17.0. The Bertz CT molecular complexity index is 409. The molecule has 0 radical (unpaired) electrons. The van der Waals surface area contributed by atoms with Gasteiger partial charge in [0.25, 0.3) is 0 Å². The summed E-state index contributed by atoms with van der Waals surface area (Å²) in [5, 5.41) is 4.65. The Morgan fingerprint density at radius 1 is 1.30 bits per heavy atom. The average molecular weight is 298 g/mol. The number of nitrogens with one attached hydrogen (secondary N) is 1. The van der Waals surface area contributed by atoms with Crippen molar-refractivity contribution in [1.29, 1.82) is 0 Å². The van der Waals surface area contributed by atoms with Crippen LogP contribution in [0.1, 0.15) is 75.7 Å². The summed E-state index contributed by atoms with van der Waals surface area (Å²) in [5.74, 6) is 0. The summed E-state index contributed by atoms with van der Waals surface area (Å²) in [6, 6.07) is 0.364. The van der Waals surface area contributed by atoms with Crippen LogP contribution in [0.2, 0.25) is 0 Å². The van der Waals surface area contributed by atoms with Crippen LogP contribution in [-0.2, 0) is 4.74 Å². The van der Waals surface area contributed by atoms with Gasteiger partial charge >= 0.3 is 0 Å². The molecule has 20 heavy (non-hydrogen) atoms. The van der Waals surface area contributed by atoms with Gasteiger partial charge < -0.3 is 10.1 Å². The highest BCUT2D eigenvalue weighted by atomic mass is 32.1. The van der Waals surface area contributed by atoms with Gasteiger partial charge in [0.2, 0.25) is 0 Å². The van der Waals surface area contributed by atoms with E-state index in [4.69, 9.17) is 9.72 Å². The maximum absolute atomic E-state index is 5.95. The minimum Gasteiger partial charge on any atom is -0.371 e. The Hall–Kier alpha value is -0.450. The first kappa shape index (κ1) is 17.6. The second-order valence-electron chi connectivity index (χ2n) is 6.38. The smallest absolute Gasteiger partial charge is 0.123 e. The molecular weight excluding hydrogens is 268 g/mol. The van der Waals surface area contributed by atoms with Gasteiger partial charge in [-0.3, -0.25) is 0 Å². The van der Waals surface area contributed by atoms with Crippen molar-refractivity contribution in [3.63, 3.8) is 0 Å². The molecule has 3 nitrogen and oxygen atoms in total. The highest BCUT2D eigenvalue weighted by molar-refractivity contribution is 7.11. The van der Waals surface area contributed by atoms with Crippen molar-refractivity contribution in [3.05, 3.63) is 15.6 Å². The minimum atomic E-state index is 0.0671. The Morgan fingerprint density at radius 3 is 2.45 bits per heavy atom. The van der Waals surface area contributed by atoms with E-state index in [1.54, 1.807) is 11.3 Å². The topological polar surface area (TPSA) is 34.1 Å². The van der Waals surface area contributed by atoms with E-state index in [9.17, 15) is 0 Å². The van der Waals surface area contributed by atoms with Crippen LogP contribution >= 0.6 is 11.3 Å². The first-order chi connectivity index (χ1) is 9.31. The first-order valence-corrected chi connectivity index (χ1v) is 8.45. The molecule has 0 fully saturated rings. The molecule has 1 N–H and O–H groups in total. The minimum absolute atomic E-state index is 0.0671. The van der Waals surface area contributed by atoms with Crippen LogP contribution in [0.5, 0.6) is 0 Å². The number of thiazole rings is 1. The third-order valence-electron chi connectivity index (χ3n) is 3.29. The molecule has 4 heteroatoms. The zero-order valence-corrected chi connectivity index (χ0v) is 14.9. The molecule has 116 valence electrons. The zero-order chi connectivity index (χ0) is 15.3. The third kappa shape index (κ3) is 4.54. The Labute approximate surface area is 128 Å². The molecule has 2 atom stereocenters. The summed E-state index contributed by atoms with van der Waals surface area (Å²) in [4.78, 5) is 6.11. The molecule has 1 aromatic heterocycles. The standard InChI is InChI=1S/C16H30N2OS/c1-8-10-17-11(3)13-12(4)18-15(20-13)14(19-9-2)16(5,6)7/h11,14,17H,8-10H2,1-7H3. The first-order valence-electron chi connectivity index (χ1n) is 7.63. The summed E-state index contributed by atoms with van der Waals surface area (Å²) >= 11 is 1.79. The Kier molecular flexibility index (Phi) is 6.62. The summed E-state index contributed by atoms with van der Waals surface area (Å²) in [5.41, 5.74) is 1.20. The van der Waals surface area contributed by atoms with Gasteiger partial charge in [0.05, 0.1) is 5.69 Å². The third-order valence-corrected chi connectivity index (χ3v) is 4.67. The molecule has 1 aromatic rings. The van der Waals surface area contributed by atoms with Crippen LogP contribution < -0.4 is 5.32 Å².